The SMILES string of the molecule is C=Cn1cc(CNCc2ccc(F)c(Cl)c2)cn1. The molecule has 0 atom stereocenters. The van der Waals surface area contributed by atoms with E-state index in [4.69, 9.17) is 11.6 Å². The van der Waals surface area contributed by atoms with Crippen molar-refractivity contribution in [3.05, 3.63) is 59.1 Å². The summed E-state index contributed by atoms with van der Waals surface area (Å²) in [5.74, 6) is -0.396. The van der Waals surface area contributed by atoms with Crippen LogP contribution in [0.3, 0.4) is 0 Å². The zero-order valence-electron chi connectivity index (χ0n) is 9.74. The summed E-state index contributed by atoms with van der Waals surface area (Å²) in [6.07, 6.45) is 5.28. The van der Waals surface area contributed by atoms with Crippen molar-refractivity contribution in [1.29, 1.82) is 0 Å². The van der Waals surface area contributed by atoms with E-state index in [0.29, 0.717) is 13.1 Å². The highest BCUT2D eigenvalue weighted by atomic mass is 35.5. The van der Waals surface area contributed by atoms with Gasteiger partial charge in [0.15, 0.2) is 0 Å². The predicted molar refractivity (Wildman–Crippen MR) is 70.6 cm³/mol. The molecular formula is C13H13ClFN3. The fourth-order valence-corrected chi connectivity index (χ4v) is 1.77. The fraction of sp³-hybridized carbons (Fsp3) is 0.154. The van der Waals surface area contributed by atoms with Gasteiger partial charge in [-0.2, -0.15) is 5.10 Å². The molecule has 18 heavy (non-hydrogen) atoms. The van der Waals surface area contributed by atoms with Crippen LogP contribution in [0.5, 0.6) is 0 Å². The second-order valence-corrected chi connectivity index (χ2v) is 4.27. The third kappa shape index (κ3) is 3.18. The van der Waals surface area contributed by atoms with Crippen LogP contribution in [0.25, 0.3) is 6.20 Å². The highest BCUT2D eigenvalue weighted by Crippen LogP contribution is 2.15. The summed E-state index contributed by atoms with van der Waals surface area (Å²) >= 11 is 5.70. The van der Waals surface area contributed by atoms with E-state index < -0.39 is 5.82 Å². The summed E-state index contributed by atoms with van der Waals surface area (Å²) in [7, 11) is 0. The van der Waals surface area contributed by atoms with Gasteiger partial charge in [-0.25, -0.2) is 9.07 Å². The molecule has 5 heteroatoms. The molecule has 0 aliphatic carbocycles. The molecule has 0 fully saturated rings. The van der Waals surface area contributed by atoms with E-state index in [9.17, 15) is 4.39 Å². The Morgan fingerprint density at radius 3 is 2.83 bits per heavy atom. The van der Waals surface area contributed by atoms with Gasteiger partial charge in [0.2, 0.25) is 0 Å². The molecule has 94 valence electrons. The Labute approximate surface area is 110 Å². The number of rotatable bonds is 5. The van der Waals surface area contributed by atoms with Gasteiger partial charge >= 0.3 is 0 Å². The largest absolute Gasteiger partial charge is 0.309 e. The van der Waals surface area contributed by atoms with E-state index in [-0.39, 0.29) is 5.02 Å². The lowest BCUT2D eigenvalue weighted by Gasteiger charge is -2.04. The molecule has 0 saturated heterocycles. The molecule has 1 aromatic carbocycles. The average molecular weight is 266 g/mol. The van der Waals surface area contributed by atoms with Crippen LogP contribution in [-0.2, 0) is 13.1 Å². The van der Waals surface area contributed by atoms with Crippen LogP contribution in [-0.4, -0.2) is 9.78 Å². The normalized spacial score (nSPS) is 10.6. The lowest BCUT2D eigenvalue weighted by Crippen LogP contribution is -2.12. The summed E-state index contributed by atoms with van der Waals surface area (Å²) in [5.41, 5.74) is 2.00. The standard InChI is InChI=1S/C13H13ClFN3/c1-2-18-9-11(8-17-18)7-16-6-10-3-4-13(15)12(14)5-10/h2-5,8-9,16H,1,6-7H2. The maximum absolute atomic E-state index is 13.0. The van der Waals surface area contributed by atoms with Crippen LogP contribution >= 0.6 is 11.6 Å². The predicted octanol–water partition coefficient (Wildman–Crippen LogP) is 3.07. The topological polar surface area (TPSA) is 29.9 Å². The van der Waals surface area contributed by atoms with Gasteiger partial charge in [0, 0.05) is 31.0 Å². The number of hydrogen-bond donors (Lipinski definition) is 1. The van der Waals surface area contributed by atoms with Crippen molar-refractivity contribution in [1.82, 2.24) is 15.1 Å². The van der Waals surface area contributed by atoms with Gasteiger partial charge in [-0.3, -0.25) is 0 Å². The van der Waals surface area contributed by atoms with Crippen molar-refractivity contribution >= 4 is 17.8 Å². The van der Waals surface area contributed by atoms with E-state index in [2.05, 4.69) is 17.0 Å². The first-order valence-corrected chi connectivity index (χ1v) is 5.87. The zero-order valence-corrected chi connectivity index (χ0v) is 10.5. The first-order chi connectivity index (χ1) is 8.69. The third-order valence-electron chi connectivity index (χ3n) is 2.48. The van der Waals surface area contributed by atoms with Crippen molar-refractivity contribution in [2.24, 2.45) is 0 Å². The van der Waals surface area contributed by atoms with Gasteiger partial charge in [-0.1, -0.05) is 24.2 Å². The van der Waals surface area contributed by atoms with E-state index in [1.807, 2.05) is 6.20 Å². The Kier molecular flexibility index (Phi) is 4.12. The van der Waals surface area contributed by atoms with Gasteiger partial charge in [0.05, 0.1) is 11.2 Å². The molecule has 0 radical (unpaired) electrons. The summed E-state index contributed by atoms with van der Waals surface area (Å²) in [6.45, 7) is 4.93. The molecule has 1 heterocycles. The van der Waals surface area contributed by atoms with Gasteiger partial charge in [0.1, 0.15) is 5.82 Å². The maximum atomic E-state index is 13.0. The summed E-state index contributed by atoms with van der Waals surface area (Å²) in [4.78, 5) is 0. The van der Waals surface area contributed by atoms with Crippen LogP contribution in [0, 0.1) is 5.82 Å². The molecule has 0 unspecified atom stereocenters. The lowest BCUT2D eigenvalue weighted by molar-refractivity contribution is 0.625. The van der Waals surface area contributed by atoms with E-state index >= 15 is 0 Å². The summed E-state index contributed by atoms with van der Waals surface area (Å²) in [6, 6.07) is 4.70. The Bertz CT molecular complexity index is 551. The fourth-order valence-electron chi connectivity index (χ4n) is 1.57. The summed E-state index contributed by atoms with van der Waals surface area (Å²) in [5, 5.41) is 7.45. The zero-order chi connectivity index (χ0) is 13.0. The first kappa shape index (κ1) is 12.8. The average Bonchev–Trinajstić information content (AvgIpc) is 2.82. The summed E-state index contributed by atoms with van der Waals surface area (Å²) < 4.78 is 14.6. The van der Waals surface area contributed by atoms with Crippen molar-refractivity contribution in [2.45, 2.75) is 13.1 Å². The third-order valence-corrected chi connectivity index (χ3v) is 2.77. The van der Waals surface area contributed by atoms with Crippen molar-refractivity contribution in [3.63, 3.8) is 0 Å². The van der Waals surface area contributed by atoms with Gasteiger partial charge < -0.3 is 5.32 Å². The van der Waals surface area contributed by atoms with Crippen molar-refractivity contribution in [3.8, 4) is 0 Å². The second-order valence-electron chi connectivity index (χ2n) is 3.86. The molecule has 2 rings (SSSR count). The molecule has 1 N–H and O–H groups in total. The maximum Gasteiger partial charge on any atom is 0.141 e. The Morgan fingerprint density at radius 1 is 1.39 bits per heavy atom. The molecule has 1 aromatic heterocycles. The molecule has 2 aromatic rings. The van der Waals surface area contributed by atoms with Gasteiger partial charge in [-0.15, -0.1) is 0 Å². The minimum Gasteiger partial charge on any atom is -0.309 e. The van der Waals surface area contributed by atoms with Crippen LogP contribution in [0.4, 0.5) is 4.39 Å². The van der Waals surface area contributed by atoms with Crippen LogP contribution in [0.2, 0.25) is 5.02 Å². The number of aromatic nitrogens is 2. The molecule has 0 spiro atoms. The van der Waals surface area contributed by atoms with Gasteiger partial charge in [-0.05, 0) is 17.7 Å². The highest BCUT2D eigenvalue weighted by Gasteiger charge is 2.01. The van der Waals surface area contributed by atoms with Crippen LogP contribution in [0.1, 0.15) is 11.1 Å². The van der Waals surface area contributed by atoms with Crippen molar-refractivity contribution in [2.75, 3.05) is 0 Å². The number of benzene rings is 1. The minimum absolute atomic E-state index is 0.147. The molecule has 0 aliphatic heterocycles. The Hall–Kier alpha value is -1.65. The number of hydrogen-bond acceptors (Lipinski definition) is 2. The van der Waals surface area contributed by atoms with E-state index in [1.165, 1.54) is 6.07 Å². The highest BCUT2D eigenvalue weighted by molar-refractivity contribution is 6.30. The van der Waals surface area contributed by atoms with Crippen molar-refractivity contribution < 1.29 is 4.39 Å². The van der Waals surface area contributed by atoms with E-state index in [1.54, 1.807) is 29.2 Å². The van der Waals surface area contributed by atoms with Crippen LogP contribution in [0.15, 0.2) is 37.2 Å². The Morgan fingerprint density at radius 2 is 2.17 bits per heavy atom. The minimum atomic E-state index is -0.396. The molecule has 0 bridgehead atoms. The number of halogens is 2. The molecule has 3 nitrogen and oxygen atoms in total. The first-order valence-electron chi connectivity index (χ1n) is 5.49. The molecule has 0 saturated carbocycles. The number of nitrogens with zero attached hydrogens (tertiary/aromatic N) is 2. The quantitative estimate of drug-likeness (QED) is 0.900. The van der Waals surface area contributed by atoms with Gasteiger partial charge in [0.25, 0.3) is 0 Å². The molecule has 0 aliphatic rings. The lowest BCUT2D eigenvalue weighted by atomic mass is 10.2. The van der Waals surface area contributed by atoms with Crippen LogP contribution < -0.4 is 5.32 Å². The van der Waals surface area contributed by atoms with E-state index in [0.717, 1.165) is 11.1 Å². The monoisotopic (exact) mass is 265 g/mol. The molecular weight excluding hydrogens is 253 g/mol. The Balaban J connectivity index is 1.88. The number of nitrogens with one attached hydrogen (secondary N) is 1. The smallest absolute Gasteiger partial charge is 0.141 e. The molecule has 0 amide bonds. The second kappa shape index (κ2) is 5.80.